The maximum Gasteiger partial charge on any atom is 0.322 e. The zero-order chi connectivity index (χ0) is 12.7. The molecule has 0 bridgehead atoms. The second kappa shape index (κ2) is 3.84. The molecule has 0 aliphatic carbocycles. The number of carbonyl (C=O) groups excluding carboxylic acids is 2. The summed E-state index contributed by atoms with van der Waals surface area (Å²) in [6.45, 7) is 0.0501. The van der Waals surface area contributed by atoms with Gasteiger partial charge in [0.15, 0.2) is 5.78 Å². The molecule has 0 atom stereocenters. The molecule has 2 amide bonds. The fourth-order valence-electron chi connectivity index (χ4n) is 2.21. The molecule has 0 saturated carbocycles. The molecule has 0 radical (unpaired) electrons. The van der Waals surface area contributed by atoms with Crippen molar-refractivity contribution in [3.05, 3.63) is 42.0 Å². The van der Waals surface area contributed by atoms with Crippen LogP contribution in [0, 0.1) is 0 Å². The summed E-state index contributed by atoms with van der Waals surface area (Å²) in [5.74, 6) is -0.0616. The number of Topliss-reactive ketones (excluding diaryl/α,β-unsaturated/α-hetero) is 1. The summed E-state index contributed by atoms with van der Waals surface area (Å²) < 4.78 is 0. The van der Waals surface area contributed by atoms with E-state index in [1.54, 1.807) is 7.05 Å². The van der Waals surface area contributed by atoms with E-state index in [1.807, 2.05) is 36.4 Å². The molecule has 1 N–H and O–H groups in total. The average Bonchev–Trinajstić information content (AvgIpc) is 2.50. The molecule has 0 saturated heterocycles. The van der Waals surface area contributed by atoms with Crippen molar-refractivity contribution in [1.82, 2.24) is 5.32 Å². The van der Waals surface area contributed by atoms with Crippen molar-refractivity contribution >= 4 is 28.3 Å². The number of nitrogens with zero attached hydrogens (tertiary/aromatic N) is 1. The first-order chi connectivity index (χ1) is 8.66. The molecule has 0 aromatic heterocycles. The van der Waals surface area contributed by atoms with Gasteiger partial charge in [-0.3, -0.25) is 9.69 Å². The Bertz CT molecular complexity index is 664. The fourth-order valence-corrected chi connectivity index (χ4v) is 2.21. The first-order valence-corrected chi connectivity index (χ1v) is 5.74. The molecule has 4 heteroatoms. The summed E-state index contributed by atoms with van der Waals surface area (Å²) in [6, 6.07) is 11.3. The van der Waals surface area contributed by atoms with Crippen LogP contribution in [0.5, 0.6) is 0 Å². The van der Waals surface area contributed by atoms with Crippen LogP contribution in [-0.2, 0) is 0 Å². The van der Waals surface area contributed by atoms with Crippen LogP contribution < -0.4 is 10.2 Å². The summed E-state index contributed by atoms with van der Waals surface area (Å²) in [5.41, 5.74) is 1.25. The zero-order valence-electron chi connectivity index (χ0n) is 9.93. The summed E-state index contributed by atoms with van der Waals surface area (Å²) >= 11 is 0. The van der Waals surface area contributed by atoms with Gasteiger partial charge in [-0.2, -0.15) is 0 Å². The highest BCUT2D eigenvalue weighted by Crippen LogP contribution is 2.28. The Kier molecular flexibility index (Phi) is 2.30. The highest BCUT2D eigenvalue weighted by Gasteiger charge is 2.23. The summed E-state index contributed by atoms with van der Waals surface area (Å²) in [5, 5.41) is 4.61. The van der Waals surface area contributed by atoms with Gasteiger partial charge in [0.25, 0.3) is 0 Å². The summed E-state index contributed by atoms with van der Waals surface area (Å²) in [4.78, 5) is 25.2. The standard InChI is InChI=1S/C14H12N2O2/c1-16-12-7-10-5-3-2-4-9(10)6-11(12)13(17)8-15-14(16)18/h2-7H,8H2,1H3,(H,15,18). The van der Waals surface area contributed by atoms with E-state index in [1.165, 1.54) is 4.90 Å². The van der Waals surface area contributed by atoms with E-state index in [9.17, 15) is 9.59 Å². The molecule has 1 aliphatic heterocycles. The molecule has 18 heavy (non-hydrogen) atoms. The van der Waals surface area contributed by atoms with Gasteiger partial charge in [0, 0.05) is 12.6 Å². The van der Waals surface area contributed by atoms with Crippen molar-refractivity contribution in [3.8, 4) is 0 Å². The molecule has 1 heterocycles. The predicted octanol–water partition coefficient (Wildman–Crippen LogP) is 2.18. The minimum atomic E-state index is -0.252. The monoisotopic (exact) mass is 240 g/mol. The van der Waals surface area contributed by atoms with Crippen LogP contribution in [0.25, 0.3) is 10.8 Å². The Hall–Kier alpha value is -2.36. The SMILES string of the molecule is CN1C(=O)NCC(=O)c2cc3ccccc3cc21. The second-order valence-electron chi connectivity index (χ2n) is 4.36. The van der Waals surface area contributed by atoms with E-state index in [0.717, 1.165) is 10.8 Å². The number of amides is 2. The van der Waals surface area contributed by atoms with Gasteiger partial charge in [0.1, 0.15) is 0 Å². The first kappa shape index (κ1) is 10.8. The third kappa shape index (κ3) is 1.54. The van der Waals surface area contributed by atoms with Crippen molar-refractivity contribution < 1.29 is 9.59 Å². The molecule has 90 valence electrons. The Morgan fingerprint density at radius 3 is 2.50 bits per heavy atom. The smallest absolute Gasteiger partial charge is 0.322 e. The number of nitrogens with one attached hydrogen (secondary N) is 1. The number of urea groups is 1. The maximum absolute atomic E-state index is 12.0. The minimum absolute atomic E-state index is 0.0501. The lowest BCUT2D eigenvalue weighted by atomic mass is 10.0. The van der Waals surface area contributed by atoms with Gasteiger partial charge in [-0.05, 0) is 22.9 Å². The Morgan fingerprint density at radius 1 is 1.11 bits per heavy atom. The molecular weight excluding hydrogens is 228 g/mol. The van der Waals surface area contributed by atoms with Gasteiger partial charge in [-0.1, -0.05) is 24.3 Å². The van der Waals surface area contributed by atoms with Crippen LogP contribution in [-0.4, -0.2) is 25.4 Å². The Morgan fingerprint density at radius 2 is 1.78 bits per heavy atom. The van der Waals surface area contributed by atoms with Crippen molar-refractivity contribution in [2.75, 3.05) is 18.5 Å². The average molecular weight is 240 g/mol. The predicted molar refractivity (Wildman–Crippen MR) is 70.1 cm³/mol. The van der Waals surface area contributed by atoms with E-state index in [0.29, 0.717) is 11.3 Å². The molecule has 0 fully saturated rings. The van der Waals surface area contributed by atoms with Crippen LogP contribution in [0.4, 0.5) is 10.5 Å². The highest BCUT2D eigenvalue weighted by molar-refractivity contribution is 6.12. The third-order valence-corrected chi connectivity index (χ3v) is 3.23. The third-order valence-electron chi connectivity index (χ3n) is 3.23. The molecule has 2 aromatic carbocycles. The van der Waals surface area contributed by atoms with E-state index in [4.69, 9.17) is 0 Å². The summed E-state index contributed by atoms with van der Waals surface area (Å²) in [7, 11) is 1.67. The number of benzene rings is 2. The number of hydrogen-bond donors (Lipinski definition) is 1. The van der Waals surface area contributed by atoms with Crippen LogP contribution in [0.3, 0.4) is 0 Å². The largest absolute Gasteiger partial charge is 0.330 e. The number of rotatable bonds is 0. The Labute approximate surface area is 104 Å². The Balaban J connectivity index is 2.31. The quantitative estimate of drug-likeness (QED) is 0.767. The molecule has 1 aliphatic rings. The zero-order valence-corrected chi connectivity index (χ0v) is 9.93. The van der Waals surface area contributed by atoms with Gasteiger partial charge in [0.2, 0.25) is 0 Å². The van der Waals surface area contributed by atoms with E-state index in [-0.39, 0.29) is 18.4 Å². The number of ketones is 1. The number of anilines is 1. The van der Waals surface area contributed by atoms with E-state index < -0.39 is 0 Å². The van der Waals surface area contributed by atoms with E-state index >= 15 is 0 Å². The summed E-state index contributed by atoms with van der Waals surface area (Å²) in [6.07, 6.45) is 0. The van der Waals surface area contributed by atoms with E-state index in [2.05, 4.69) is 5.32 Å². The topological polar surface area (TPSA) is 49.4 Å². The van der Waals surface area contributed by atoms with Crippen molar-refractivity contribution in [1.29, 1.82) is 0 Å². The van der Waals surface area contributed by atoms with Gasteiger partial charge < -0.3 is 5.32 Å². The normalized spacial score (nSPS) is 15.3. The number of fused-ring (bicyclic) bond motifs is 2. The lowest BCUT2D eigenvalue weighted by molar-refractivity contribution is 0.0995. The van der Waals surface area contributed by atoms with Crippen molar-refractivity contribution in [2.45, 2.75) is 0 Å². The van der Waals surface area contributed by atoms with Gasteiger partial charge in [-0.15, -0.1) is 0 Å². The molecule has 0 unspecified atom stereocenters. The lowest BCUT2D eigenvalue weighted by Gasteiger charge is -2.17. The minimum Gasteiger partial charge on any atom is -0.330 e. The molecule has 0 spiro atoms. The fraction of sp³-hybridized carbons (Fsp3) is 0.143. The molecule has 4 nitrogen and oxygen atoms in total. The van der Waals surface area contributed by atoms with Gasteiger partial charge in [-0.25, -0.2) is 4.79 Å². The van der Waals surface area contributed by atoms with Crippen molar-refractivity contribution in [3.63, 3.8) is 0 Å². The van der Waals surface area contributed by atoms with Crippen LogP contribution in [0.15, 0.2) is 36.4 Å². The van der Waals surface area contributed by atoms with Crippen molar-refractivity contribution in [2.24, 2.45) is 0 Å². The van der Waals surface area contributed by atoms with Crippen LogP contribution >= 0.6 is 0 Å². The maximum atomic E-state index is 12.0. The number of hydrogen-bond acceptors (Lipinski definition) is 2. The highest BCUT2D eigenvalue weighted by atomic mass is 16.2. The number of carbonyl (C=O) groups is 2. The van der Waals surface area contributed by atoms with Crippen LogP contribution in [0.1, 0.15) is 10.4 Å². The second-order valence-corrected chi connectivity index (χ2v) is 4.36. The lowest BCUT2D eigenvalue weighted by Crippen LogP contribution is -2.36. The van der Waals surface area contributed by atoms with Crippen LogP contribution in [0.2, 0.25) is 0 Å². The van der Waals surface area contributed by atoms with Gasteiger partial charge in [0.05, 0.1) is 12.2 Å². The molecule has 2 aromatic rings. The van der Waals surface area contributed by atoms with Gasteiger partial charge >= 0.3 is 6.03 Å². The first-order valence-electron chi connectivity index (χ1n) is 5.74. The molecule has 3 rings (SSSR count). The molecular formula is C14H12N2O2.